The van der Waals surface area contributed by atoms with Crippen LogP contribution in [-0.4, -0.2) is 10.8 Å². The van der Waals surface area contributed by atoms with Gasteiger partial charge in [-0.1, -0.05) is 35.5 Å². The molecule has 5 heteroatoms. The molecular weight excluding hydrogens is 254 g/mol. The maximum Gasteiger partial charge on any atom is 0.141 e. The number of hydrogen-bond acceptors (Lipinski definition) is 3. The number of benzene rings is 1. The second-order valence-corrected chi connectivity index (χ2v) is 4.85. The summed E-state index contributed by atoms with van der Waals surface area (Å²) >= 11 is 7.59. The zero-order valence-electron chi connectivity index (χ0n) is 8.85. The molecule has 0 aliphatic heterocycles. The van der Waals surface area contributed by atoms with Crippen molar-refractivity contribution < 1.29 is 0 Å². The lowest BCUT2D eigenvalue weighted by atomic mass is 10.3. The summed E-state index contributed by atoms with van der Waals surface area (Å²) < 4.78 is 0. The molecule has 0 atom stereocenters. The van der Waals surface area contributed by atoms with E-state index in [0.29, 0.717) is 10.7 Å². The fourth-order valence-corrected chi connectivity index (χ4v) is 2.31. The molecule has 17 heavy (non-hydrogen) atoms. The highest BCUT2D eigenvalue weighted by Crippen LogP contribution is 2.32. The Morgan fingerprint density at radius 3 is 2.59 bits per heavy atom. The Kier molecular flexibility index (Phi) is 3.66. The SMILES string of the molecule is N=C(N)c1ccc(Sc2ccccc2Cl)cn1. The van der Waals surface area contributed by atoms with Crippen molar-refractivity contribution in [3.8, 4) is 0 Å². The lowest BCUT2D eigenvalue weighted by Crippen LogP contribution is -2.12. The summed E-state index contributed by atoms with van der Waals surface area (Å²) in [6.45, 7) is 0. The fourth-order valence-electron chi connectivity index (χ4n) is 1.25. The van der Waals surface area contributed by atoms with Crippen LogP contribution in [0.25, 0.3) is 0 Å². The molecule has 0 aliphatic rings. The van der Waals surface area contributed by atoms with Crippen molar-refractivity contribution in [2.75, 3.05) is 0 Å². The molecule has 1 aromatic carbocycles. The van der Waals surface area contributed by atoms with E-state index in [1.807, 2.05) is 30.3 Å². The van der Waals surface area contributed by atoms with Crippen molar-refractivity contribution in [3.05, 3.63) is 53.3 Å². The molecule has 0 saturated heterocycles. The summed E-state index contributed by atoms with van der Waals surface area (Å²) in [5.41, 5.74) is 5.81. The van der Waals surface area contributed by atoms with Gasteiger partial charge in [-0.3, -0.25) is 10.4 Å². The van der Waals surface area contributed by atoms with Gasteiger partial charge in [-0.05, 0) is 24.3 Å². The summed E-state index contributed by atoms with van der Waals surface area (Å²) in [6, 6.07) is 11.2. The van der Waals surface area contributed by atoms with Crippen LogP contribution < -0.4 is 5.73 Å². The molecule has 1 heterocycles. The normalized spacial score (nSPS) is 10.2. The van der Waals surface area contributed by atoms with Crippen molar-refractivity contribution in [1.29, 1.82) is 5.41 Å². The van der Waals surface area contributed by atoms with E-state index in [1.54, 1.807) is 12.3 Å². The Morgan fingerprint density at radius 2 is 2.00 bits per heavy atom. The first-order valence-electron chi connectivity index (χ1n) is 4.89. The van der Waals surface area contributed by atoms with E-state index in [2.05, 4.69) is 4.98 Å². The van der Waals surface area contributed by atoms with E-state index in [4.69, 9.17) is 22.7 Å². The number of rotatable bonds is 3. The standard InChI is InChI=1S/C12H10ClN3S/c13-9-3-1-2-4-11(9)17-8-5-6-10(12(14)15)16-7-8/h1-7H,(H3,14,15). The summed E-state index contributed by atoms with van der Waals surface area (Å²) in [6.07, 6.45) is 1.69. The minimum Gasteiger partial charge on any atom is -0.382 e. The number of nitrogens with one attached hydrogen (secondary N) is 1. The van der Waals surface area contributed by atoms with Gasteiger partial charge in [0.25, 0.3) is 0 Å². The van der Waals surface area contributed by atoms with Crippen molar-refractivity contribution in [1.82, 2.24) is 4.98 Å². The number of nitrogen functional groups attached to an aromatic ring is 1. The Bertz CT molecular complexity index is 540. The maximum absolute atomic E-state index is 7.25. The topological polar surface area (TPSA) is 62.8 Å². The molecule has 0 saturated carbocycles. The van der Waals surface area contributed by atoms with Gasteiger partial charge in [0.1, 0.15) is 11.5 Å². The van der Waals surface area contributed by atoms with E-state index in [9.17, 15) is 0 Å². The molecule has 0 aliphatic carbocycles. The molecule has 0 amide bonds. The van der Waals surface area contributed by atoms with Crippen molar-refractivity contribution in [2.45, 2.75) is 9.79 Å². The van der Waals surface area contributed by atoms with Crippen LogP contribution in [0.2, 0.25) is 5.02 Å². The lowest BCUT2D eigenvalue weighted by molar-refractivity contribution is 1.19. The predicted octanol–water partition coefficient (Wildman–Crippen LogP) is 3.17. The third-order valence-electron chi connectivity index (χ3n) is 2.08. The van der Waals surface area contributed by atoms with Crippen LogP contribution in [0.4, 0.5) is 0 Å². The largest absolute Gasteiger partial charge is 0.382 e. The lowest BCUT2D eigenvalue weighted by Gasteiger charge is -2.04. The third-order valence-corrected chi connectivity index (χ3v) is 3.57. The zero-order valence-corrected chi connectivity index (χ0v) is 10.4. The van der Waals surface area contributed by atoms with E-state index >= 15 is 0 Å². The molecule has 0 unspecified atom stereocenters. The Morgan fingerprint density at radius 1 is 1.24 bits per heavy atom. The van der Waals surface area contributed by atoms with Gasteiger partial charge in [0.15, 0.2) is 0 Å². The summed E-state index contributed by atoms with van der Waals surface area (Å²) in [7, 11) is 0. The van der Waals surface area contributed by atoms with Gasteiger partial charge in [0.2, 0.25) is 0 Å². The van der Waals surface area contributed by atoms with Crippen molar-refractivity contribution >= 4 is 29.2 Å². The van der Waals surface area contributed by atoms with Crippen molar-refractivity contribution in [3.63, 3.8) is 0 Å². The number of nitrogens with zero attached hydrogens (tertiary/aromatic N) is 1. The first kappa shape index (κ1) is 12.0. The number of nitrogens with two attached hydrogens (primary N) is 1. The number of hydrogen-bond donors (Lipinski definition) is 2. The number of aromatic nitrogens is 1. The molecule has 2 aromatic rings. The van der Waals surface area contributed by atoms with Crippen LogP contribution >= 0.6 is 23.4 Å². The molecule has 0 spiro atoms. The van der Waals surface area contributed by atoms with Crippen LogP contribution in [0.5, 0.6) is 0 Å². The second-order valence-electron chi connectivity index (χ2n) is 3.33. The van der Waals surface area contributed by atoms with Crippen LogP contribution in [0.3, 0.4) is 0 Å². The number of halogens is 1. The monoisotopic (exact) mass is 263 g/mol. The van der Waals surface area contributed by atoms with E-state index in [-0.39, 0.29) is 5.84 Å². The highest BCUT2D eigenvalue weighted by atomic mass is 35.5. The van der Waals surface area contributed by atoms with Crippen LogP contribution in [0, 0.1) is 5.41 Å². The minimum atomic E-state index is -0.0284. The van der Waals surface area contributed by atoms with Gasteiger partial charge < -0.3 is 5.73 Å². The molecule has 2 rings (SSSR count). The molecule has 0 radical (unpaired) electrons. The number of pyridine rings is 1. The van der Waals surface area contributed by atoms with Gasteiger partial charge in [0, 0.05) is 16.0 Å². The molecular formula is C12H10ClN3S. The Labute approximate surface area is 109 Å². The van der Waals surface area contributed by atoms with Gasteiger partial charge >= 0.3 is 0 Å². The third kappa shape index (κ3) is 2.99. The Balaban J connectivity index is 2.20. The first-order chi connectivity index (χ1) is 8.16. The minimum absolute atomic E-state index is 0.0284. The fraction of sp³-hybridized carbons (Fsp3) is 0. The average Bonchev–Trinajstić information content (AvgIpc) is 2.33. The second kappa shape index (κ2) is 5.21. The predicted molar refractivity (Wildman–Crippen MR) is 70.8 cm³/mol. The van der Waals surface area contributed by atoms with Crippen LogP contribution in [0.1, 0.15) is 5.69 Å². The smallest absolute Gasteiger partial charge is 0.141 e. The highest BCUT2D eigenvalue weighted by molar-refractivity contribution is 7.99. The molecule has 3 N–H and O–H groups in total. The van der Waals surface area contributed by atoms with Gasteiger partial charge in [-0.25, -0.2) is 0 Å². The van der Waals surface area contributed by atoms with E-state index < -0.39 is 0 Å². The highest BCUT2D eigenvalue weighted by Gasteiger charge is 2.03. The first-order valence-corrected chi connectivity index (χ1v) is 6.09. The molecule has 3 nitrogen and oxygen atoms in total. The van der Waals surface area contributed by atoms with Crippen LogP contribution in [0.15, 0.2) is 52.4 Å². The van der Waals surface area contributed by atoms with Crippen molar-refractivity contribution in [2.24, 2.45) is 5.73 Å². The van der Waals surface area contributed by atoms with Gasteiger partial charge in [-0.2, -0.15) is 0 Å². The number of amidine groups is 1. The maximum atomic E-state index is 7.25. The molecule has 86 valence electrons. The van der Waals surface area contributed by atoms with E-state index in [1.165, 1.54) is 11.8 Å². The molecule has 0 bridgehead atoms. The van der Waals surface area contributed by atoms with Gasteiger partial charge in [0.05, 0.1) is 5.02 Å². The summed E-state index contributed by atoms with van der Waals surface area (Å²) in [5, 5.41) is 7.96. The Hall–Kier alpha value is -1.52. The van der Waals surface area contributed by atoms with Crippen LogP contribution in [-0.2, 0) is 0 Å². The molecule has 1 aromatic heterocycles. The zero-order chi connectivity index (χ0) is 12.3. The van der Waals surface area contributed by atoms with Gasteiger partial charge in [-0.15, -0.1) is 0 Å². The summed E-state index contributed by atoms with van der Waals surface area (Å²) in [4.78, 5) is 6.03. The molecule has 0 fully saturated rings. The average molecular weight is 264 g/mol. The van der Waals surface area contributed by atoms with E-state index in [0.717, 1.165) is 9.79 Å². The summed E-state index contributed by atoms with van der Waals surface area (Å²) in [5.74, 6) is -0.0284. The quantitative estimate of drug-likeness (QED) is 0.660.